The minimum absolute atomic E-state index is 0.0538. The van der Waals surface area contributed by atoms with Gasteiger partial charge < -0.3 is 9.72 Å². The Balaban J connectivity index is 2.19. The first-order valence-corrected chi connectivity index (χ1v) is 7.65. The lowest BCUT2D eigenvalue weighted by atomic mass is 10.2. The van der Waals surface area contributed by atoms with Crippen LogP contribution in [0.25, 0.3) is 0 Å². The standard InChI is InChI=1S/C14H16N2O4S/c1-16(10-11-3-5-12(20-2)6-4-11)21(18,19)13-7-8-14(17)15-9-13/h3-9H,10H2,1-2H3,(H,15,17). The van der Waals surface area contributed by atoms with Crippen LogP contribution in [0.3, 0.4) is 0 Å². The molecule has 1 aromatic heterocycles. The zero-order chi connectivity index (χ0) is 15.5. The molecule has 0 bridgehead atoms. The Bertz CT molecular complexity index is 746. The highest BCUT2D eigenvalue weighted by molar-refractivity contribution is 7.89. The molecule has 0 radical (unpaired) electrons. The Morgan fingerprint density at radius 3 is 2.33 bits per heavy atom. The van der Waals surface area contributed by atoms with E-state index >= 15 is 0 Å². The number of aromatic nitrogens is 1. The van der Waals surface area contributed by atoms with Crippen LogP contribution >= 0.6 is 0 Å². The summed E-state index contributed by atoms with van der Waals surface area (Å²) in [5.41, 5.74) is 0.498. The Hall–Kier alpha value is -2.12. The molecule has 0 saturated heterocycles. The monoisotopic (exact) mass is 308 g/mol. The maximum atomic E-state index is 12.4. The molecule has 7 heteroatoms. The lowest BCUT2D eigenvalue weighted by Gasteiger charge is -2.17. The van der Waals surface area contributed by atoms with E-state index in [0.29, 0.717) is 5.75 Å². The van der Waals surface area contributed by atoms with Crippen molar-refractivity contribution < 1.29 is 13.2 Å². The van der Waals surface area contributed by atoms with Crippen molar-refractivity contribution in [2.45, 2.75) is 11.4 Å². The zero-order valence-corrected chi connectivity index (χ0v) is 12.6. The van der Waals surface area contributed by atoms with Crippen molar-refractivity contribution in [3.63, 3.8) is 0 Å². The highest BCUT2D eigenvalue weighted by Crippen LogP contribution is 2.17. The second-order valence-electron chi connectivity index (χ2n) is 4.50. The Kier molecular flexibility index (Phi) is 4.44. The van der Waals surface area contributed by atoms with Crippen LogP contribution in [0, 0.1) is 0 Å². The van der Waals surface area contributed by atoms with E-state index in [0.717, 1.165) is 5.56 Å². The fourth-order valence-electron chi connectivity index (χ4n) is 1.81. The molecule has 112 valence electrons. The van der Waals surface area contributed by atoms with Crippen molar-refractivity contribution in [1.82, 2.24) is 9.29 Å². The second-order valence-corrected chi connectivity index (χ2v) is 6.54. The van der Waals surface area contributed by atoms with Crippen molar-refractivity contribution in [1.29, 1.82) is 0 Å². The van der Waals surface area contributed by atoms with Crippen LogP contribution in [0.15, 0.2) is 52.3 Å². The molecule has 1 N–H and O–H groups in total. The summed E-state index contributed by atoms with van der Waals surface area (Å²) in [4.78, 5) is 13.4. The molecule has 0 spiro atoms. The summed E-state index contributed by atoms with van der Waals surface area (Å²) in [6, 6.07) is 9.63. The predicted octanol–water partition coefficient (Wildman–Crippen LogP) is 1.20. The molecule has 0 aliphatic rings. The van der Waals surface area contributed by atoms with E-state index in [1.807, 2.05) is 0 Å². The maximum absolute atomic E-state index is 12.4. The van der Waals surface area contributed by atoms with Crippen molar-refractivity contribution in [2.75, 3.05) is 14.2 Å². The summed E-state index contributed by atoms with van der Waals surface area (Å²) in [6.07, 6.45) is 1.20. The fourth-order valence-corrected chi connectivity index (χ4v) is 2.94. The van der Waals surface area contributed by atoms with Gasteiger partial charge in [-0.1, -0.05) is 12.1 Å². The number of nitrogens with one attached hydrogen (secondary N) is 1. The van der Waals surface area contributed by atoms with Crippen molar-refractivity contribution in [3.05, 3.63) is 58.5 Å². The van der Waals surface area contributed by atoms with Gasteiger partial charge in [-0.3, -0.25) is 4.79 Å². The minimum atomic E-state index is -3.64. The number of H-pyrrole nitrogens is 1. The molecule has 0 amide bonds. The van der Waals surface area contributed by atoms with E-state index in [1.54, 1.807) is 31.4 Å². The number of benzene rings is 1. The number of pyridine rings is 1. The lowest BCUT2D eigenvalue weighted by Crippen LogP contribution is -2.27. The number of hydrogen-bond donors (Lipinski definition) is 1. The summed E-state index contributed by atoms with van der Waals surface area (Å²) in [5, 5.41) is 0. The fraction of sp³-hybridized carbons (Fsp3) is 0.214. The zero-order valence-electron chi connectivity index (χ0n) is 11.7. The van der Waals surface area contributed by atoms with Gasteiger partial charge in [0.25, 0.3) is 0 Å². The molecular weight excluding hydrogens is 292 g/mol. The summed E-state index contributed by atoms with van der Waals surface area (Å²) in [6.45, 7) is 0.228. The number of aromatic amines is 1. The number of sulfonamides is 1. The van der Waals surface area contributed by atoms with Gasteiger partial charge in [0.1, 0.15) is 5.75 Å². The van der Waals surface area contributed by atoms with Crippen molar-refractivity contribution in [3.8, 4) is 5.75 Å². The molecule has 0 aliphatic heterocycles. The van der Waals surface area contributed by atoms with Gasteiger partial charge >= 0.3 is 0 Å². The van der Waals surface area contributed by atoms with E-state index in [-0.39, 0.29) is 17.0 Å². The molecule has 2 rings (SSSR count). The third-order valence-corrected chi connectivity index (χ3v) is 4.83. The third kappa shape index (κ3) is 3.50. The average molecular weight is 308 g/mol. The van der Waals surface area contributed by atoms with E-state index in [1.165, 1.54) is 29.7 Å². The molecule has 0 aliphatic carbocycles. The van der Waals surface area contributed by atoms with Crippen LogP contribution in [0.5, 0.6) is 5.75 Å². The van der Waals surface area contributed by atoms with Crippen LogP contribution in [0.1, 0.15) is 5.56 Å². The third-order valence-electron chi connectivity index (χ3n) is 3.03. The van der Waals surface area contributed by atoms with Gasteiger partial charge in [-0.25, -0.2) is 8.42 Å². The normalized spacial score (nSPS) is 11.6. The predicted molar refractivity (Wildman–Crippen MR) is 78.7 cm³/mol. The molecule has 1 heterocycles. The van der Waals surface area contributed by atoms with E-state index < -0.39 is 10.0 Å². The highest BCUT2D eigenvalue weighted by Gasteiger charge is 2.20. The van der Waals surface area contributed by atoms with Gasteiger partial charge in [-0.2, -0.15) is 4.31 Å². The SMILES string of the molecule is COc1ccc(CN(C)S(=O)(=O)c2ccc(=O)[nH]c2)cc1. The van der Waals surface area contributed by atoms with Gasteiger partial charge in [0, 0.05) is 25.9 Å². The van der Waals surface area contributed by atoms with Crippen LogP contribution in [-0.4, -0.2) is 31.9 Å². The molecule has 1 aromatic carbocycles. The molecule has 0 unspecified atom stereocenters. The van der Waals surface area contributed by atoms with Gasteiger partial charge in [0.05, 0.1) is 12.0 Å². The molecular formula is C14H16N2O4S. The summed E-state index contributed by atoms with van der Waals surface area (Å²) >= 11 is 0. The second kappa shape index (κ2) is 6.11. The summed E-state index contributed by atoms with van der Waals surface area (Å²) in [7, 11) is -0.576. The average Bonchev–Trinajstić information content (AvgIpc) is 2.48. The topological polar surface area (TPSA) is 79.5 Å². The van der Waals surface area contributed by atoms with Gasteiger partial charge in [0.15, 0.2) is 0 Å². The van der Waals surface area contributed by atoms with Crippen molar-refractivity contribution in [2.24, 2.45) is 0 Å². The number of rotatable bonds is 5. The summed E-state index contributed by atoms with van der Waals surface area (Å²) in [5.74, 6) is 0.713. The molecule has 0 fully saturated rings. The number of ether oxygens (including phenoxy) is 1. The smallest absolute Gasteiger partial charge is 0.247 e. The van der Waals surface area contributed by atoms with Gasteiger partial charge in [-0.15, -0.1) is 0 Å². The number of methoxy groups -OCH3 is 1. The maximum Gasteiger partial charge on any atom is 0.247 e. The van der Waals surface area contributed by atoms with Gasteiger partial charge in [-0.05, 0) is 23.8 Å². The molecule has 0 saturated carbocycles. The molecule has 6 nitrogen and oxygen atoms in total. The van der Waals surface area contributed by atoms with Crippen LogP contribution < -0.4 is 10.3 Å². The quantitative estimate of drug-likeness (QED) is 0.900. The highest BCUT2D eigenvalue weighted by atomic mass is 32.2. The van der Waals surface area contributed by atoms with Crippen LogP contribution in [0.2, 0.25) is 0 Å². The summed E-state index contributed by atoms with van der Waals surface area (Å²) < 4.78 is 31.0. The first-order chi connectivity index (χ1) is 9.93. The van der Waals surface area contributed by atoms with Crippen LogP contribution in [-0.2, 0) is 16.6 Å². The number of hydrogen-bond acceptors (Lipinski definition) is 4. The van der Waals surface area contributed by atoms with Crippen molar-refractivity contribution >= 4 is 10.0 Å². The van der Waals surface area contributed by atoms with E-state index in [4.69, 9.17) is 4.74 Å². The van der Waals surface area contributed by atoms with E-state index in [2.05, 4.69) is 4.98 Å². The number of nitrogens with zero attached hydrogens (tertiary/aromatic N) is 1. The first-order valence-electron chi connectivity index (χ1n) is 6.21. The van der Waals surface area contributed by atoms with Gasteiger partial charge in [0.2, 0.25) is 15.6 Å². The lowest BCUT2D eigenvalue weighted by molar-refractivity contribution is 0.414. The first kappa shape index (κ1) is 15.3. The molecule has 2 aromatic rings. The largest absolute Gasteiger partial charge is 0.497 e. The van der Waals surface area contributed by atoms with E-state index in [9.17, 15) is 13.2 Å². The van der Waals surface area contributed by atoms with Crippen LogP contribution in [0.4, 0.5) is 0 Å². The molecule has 21 heavy (non-hydrogen) atoms. The molecule has 0 atom stereocenters. The Morgan fingerprint density at radius 2 is 1.81 bits per heavy atom. The minimum Gasteiger partial charge on any atom is -0.497 e. The Labute approximate surface area is 123 Å². The Morgan fingerprint density at radius 1 is 1.14 bits per heavy atom.